The summed E-state index contributed by atoms with van der Waals surface area (Å²) in [6.07, 6.45) is 6.46. The number of aryl methyl sites for hydroxylation is 1. The lowest BCUT2D eigenvalue weighted by Crippen LogP contribution is -2.26. The standard InChI is InChI=1S/C18H27N3/c1-4-11-19-18(15(3)16-9-7-6-8-10-16)17-13-20-21(14-17)12-5-2/h6-10,13-15,18-19H,4-5,11-12H2,1-3H3. The van der Waals surface area contributed by atoms with Crippen molar-refractivity contribution in [3.05, 3.63) is 53.9 Å². The fourth-order valence-electron chi connectivity index (χ4n) is 2.72. The summed E-state index contributed by atoms with van der Waals surface area (Å²) in [4.78, 5) is 0. The van der Waals surface area contributed by atoms with Gasteiger partial charge in [-0.2, -0.15) is 5.10 Å². The molecule has 3 heteroatoms. The summed E-state index contributed by atoms with van der Waals surface area (Å²) in [5.74, 6) is 0.428. The van der Waals surface area contributed by atoms with Gasteiger partial charge in [-0.25, -0.2) is 0 Å². The first-order valence-electron chi connectivity index (χ1n) is 8.07. The van der Waals surface area contributed by atoms with Crippen LogP contribution in [0, 0.1) is 0 Å². The Bertz CT molecular complexity index is 518. The zero-order valence-electron chi connectivity index (χ0n) is 13.4. The summed E-state index contributed by atoms with van der Waals surface area (Å²) >= 11 is 0. The first-order valence-corrected chi connectivity index (χ1v) is 8.07. The summed E-state index contributed by atoms with van der Waals surface area (Å²) in [7, 11) is 0. The molecule has 0 aliphatic heterocycles. The van der Waals surface area contributed by atoms with E-state index in [4.69, 9.17) is 0 Å². The minimum atomic E-state index is 0.318. The lowest BCUT2D eigenvalue weighted by molar-refractivity contribution is 0.465. The van der Waals surface area contributed by atoms with E-state index in [1.54, 1.807) is 0 Å². The maximum atomic E-state index is 4.49. The molecule has 0 amide bonds. The molecule has 1 aromatic carbocycles. The van der Waals surface area contributed by atoms with Crippen molar-refractivity contribution in [1.29, 1.82) is 0 Å². The quantitative estimate of drug-likeness (QED) is 0.790. The number of nitrogens with one attached hydrogen (secondary N) is 1. The van der Waals surface area contributed by atoms with Gasteiger partial charge in [-0.1, -0.05) is 51.1 Å². The van der Waals surface area contributed by atoms with Gasteiger partial charge in [0.25, 0.3) is 0 Å². The molecule has 2 rings (SSSR count). The normalized spacial score (nSPS) is 14.0. The smallest absolute Gasteiger partial charge is 0.0537 e. The Labute approximate surface area is 128 Å². The van der Waals surface area contributed by atoms with Crippen LogP contribution in [0.25, 0.3) is 0 Å². The van der Waals surface area contributed by atoms with E-state index in [1.165, 1.54) is 11.1 Å². The van der Waals surface area contributed by atoms with E-state index < -0.39 is 0 Å². The van der Waals surface area contributed by atoms with Crippen molar-refractivity contribution in [3.63, 3.8) is 0 Å². The van der Waals surface area contributed by atoms with Crippen molar-refractivity contribution >= 4 is 0 Å². The van der Waals surface area contributed by atoms with Crippen LogP contribution >= 0.6 is 0 Å². The maximum Gasteiger partial charge on any atom is 0.0537 e. The molecule has 0 aliphatic carbocycles. The molecule has 1 aromatic heterocycles. The van der Waals surface area contributed by atoms with Gasteiger partial charge in [-0.3, -0.25) is 4.68 Å². The van der Waals surface area contributed by atoms with E-state index in [1.807, 2.05) is 10.9 Å². The lowest BCUT2D eigenvalue weighted by Gasteiger charge is -2.24. The van der Waals surface area contributed by atoms with Gasteiger partial charge in [-0.05, 0) is 24.9 Å². The van der Waals surface area contributed by atoms with Crippen LogP contribution in [0.4, 0.5) is 0 Å². The average Bonchev–Trinajstić information content (AvgIpc) is 2.97. The van der Waals surface area contributed by atoms with Crippen molar-refractivity contribution in [2.75, 3.05) is 6.54 Å². The second-order valence-electron chi connectivity index (χ2n) is 5.67. The molecule has 0 saturated heterocycles. The van der Waals surface area contributed by atoms with Crippen molar-refractivity contribution in [2.45, 2.75) is 52.1 Å². The molecule has 2 unspecified atom stereocenters. The van der Waals surface area contributed by atoms with Gasteiger partial charge in [0, 0.05) is 30.3 Å². The Balaban J connectivity index is 2.20. The summed E-state index contributed by atoms with van der Waals surface area (Å²) in [5, 5.41) is 8.17. The zero-order chi connectivity index (χ0) is 15.1. The van der Waals surface area contributed by atoms with Crippen LogP contribution in [0.3, 0.4) is 0 Å². The Kier molecular flexibility index (Phi) is 6.00. The summed E-state index contributed by atoms with van der Waals surface area (Å²) in [6, 6.07) is 11.0. The number of aromatic nitrogens is 2. The first-order chi connectivity index (χ1) is 10.3. The molecule has 0 saturated carbocycles. The highest BCUT2D eigenvalue weighted by atomic mass is 15.3. The molecule has 0 radical (unpaired) electrons. The monoisotopic (exact) mass is 285 g/mol. The minimum absolute atomic E-state index is 0.318. The first kappa shape index (κ1) is 15.8. The third kappa shape index (κ3) is 4.18. The van der Waals surface area contributed by atoms with Gasteiger partial charge >= 0.3 is 0 Å². The number of rotatable bonds is 8. The number of benzene rings is 1. The van der Waals surface area contributed by atoms with Gasteiger partial charge < -0.3 is 5.32 Å². The average molecular weight is 285 g/mol. The summed E-state index contributed by atoms with van der Waals surface area (Å²) in [5.41, 5.74) is 2.66. The molecule has 0 spiro atoms. The highest BCUT2D eigenvalue weighted by Crippen LogP contribution is 2.30. The topological polar surface area (TPSA) is 29.9 Å². The Morgan fingerprint density at radius 1 is 1.10 bits per heavy atom. The SMILES string of the molecule is CCCNC(c1cnn(CCC)c1)C(C)c1ccccc1. The Hall–Kier alpha value is -1.61. The van der Waals surface area contributed by atoms with Crippen LogP contribution < -0.4 is 5.32 Å². The molecule has 2 aromatic rings. The molecule has 0 aliphatic rings. The third-order valence-electron chi connectivity index (χ3n) is 3.90. The van der Waals surface area contributed by atoms with E-state index in [0.29, 0.717) is 12.0 Å². The number of nitrogens with zero attached hydrogens (tertiary/aromatic N) is 2. The fourth-order valence-corrected chi connectivity index (χ4v) is 2.72. The molecule has 1 N–H and O–H groups in total. The zero-order valence-corrected chi connectivity index (χ0v) is 13.4. The minimum Gasteiger partial charge on any atom is -0.309 e. The van der Waals surface area contributed by atoms with Crippen LogP contribution in [-0.2, 0) is 6.54 Å². The fraction of sp³-hybridized carbons (Fsp3) is 0.500. The van der Waals surface area contributed by atoms with Crippen LogP contribution in [0.1, 0.15) is 56.7 Å². The Morgan fingerprint density at radius 3 is 2.52 bits per heavy atom. The highest BCUT2D eigenvalue weighted by molar-refractivity contribution is 5.25. The predicted molar refractivity (Wildman–Crippen MR) is 88.4 cm³/mol. The van der Waals surface area contributed by atoms with E-state index in [-0.39, 0.29) is 0 Å². The molecule has 3 nitrogen and oxygen atoms in total. The molecular formula is C18H27N3. The van der Waals surface area contributed by atoms with Crippen molar-refractivity contribution in [3.8, 4) is 0 Å². The van der Waals surface area contributed by atoms with Crippen LogP contribution in [-0.4, -0.2) is 16.3 Å². The van der Waals surface area contributed by atoms with Gasteiger partial charge in [0.1, 0.15) is 0 Å². The number of hydrogen-bond donors (Lipinski definition) is 1. The van der Waals surface area contributed by atoms with E-state index in [9.17, 15) is 0 Å². The highest BCUT2D eigenvalue weighted by Gasteiger charge is 2.21. The molecule has 2 atom stereocenters. The molecular weight excluding hydrogens is 258 g/mol. The second kappa shape index (κ2) is 7.99. The van der Waals surface area contributed by atoms with Gasteiger partial charge in [0.05, 0.1) is 6.20 Å². The van der Waals surface area contributed by atoms with Gasteiger partial charge in [0.15, 0.2) is 0 Å². The molecule has 1 heterocycles. The largest absolute Gasteiger partial charge is 0.309 e. The summed E-state index contributed by atoms with van der Waals surface area (Å²) in [6.45, 7) is 8.69. The molecule has 0 fully saturated rings. The third-order valence-corrected chi connectivity index (χ3v) is 3.90. The summed E-state index contributed by atoms with van der Waals surface area (Å²) < 4.78 is 2.05. The van der Waals surface area contributed by atoms with Crippen molar-refractivity contribution in [1.82, 2.24) is 15.1 Å². The lowest BCUT2D eigenvalue weighted by atomic mass is 9.90. The van der Waals surface area contributed by atoms with E-state index >= 15 is 0 Å². The molecule has 0 bridgehead atoms. The number of hydrogen-bond acceptors (Lipinski definition) is 2. The predicted octanol–water partition coefficient (Wildman–Crippen LogP) is 4.14. The second-order valence-corrected chi connectivity index (χ2v) is 5.67. The van der Waals surface area contributed by atoms with Gasteiger partial charge in [-0.15, -0.1) is 0 Å². The van der Waals surface area contributed by atoms with E-state index in [2.05, 4.69) is 67.7 Å². The van der Waals surface area contributed by atoms with Crippen LogP contribution in [0.15, 0.2) is 42.7 Å². The maximum absolute atomic E-state index is 4.49. The van der Waals surface area contributed by atoms with Crippen molar-refractivity contribution < 1.29 is 0 Å². The van der Waals surface area contributed by atoms with Crippen LogP contribution in [0.5, 0.6) is 0 Å². The van der Waals surface area contributed by atoms with Gasteiger partial charge in [0.2, 0.25) is 0 Å². The Morgan fingerprint density at radius 2 is 1.86 bits per heavy atom. The van der Waals surface area contributed by atoms with Crippen LogP contribution in [0.2, 0.25) is 0 Å². The van der Waals surface area contributed by atoms with E-state index in [0.717, 1.165) is 25.9 Å². The molecule has 114 valence electrons. The molecule has 21 heavy (non-hydrogen) atoms. The van der Waals surface area contributed by atoms with Crippen molar-refractivity contribution in [2.24, 2.45) is 0 Å².